The third-order valence-corrected chi connectivity index (χ3v) is 9.72. The molecule has 0 unspecified atom stereocenters. The Morgan fingerprint density at radius 2 is 1.06 bits per heavy atom. The molecule has 0 aliphatic carbocycles. The number of rotatable bonds is 18. The molecular weight excluding hydrogens is 843 g/mol. The van der Waals surface area contributed by atoms with Crippen molar-refractivity contribution in [3.05, 3.63) is 138 Å². The van der Waals surface area contributed by atoms with Gasteiger partial charge in [0.05, 0.1) is 18.8 Å². The number of aryl methyl sites for hydroxylation is 4. The van der Waals surface area contributed by atoms with E-state index in [2.05, 4.69) is 42.7 Å². The molecule has 0 bridgehead atoms. The van der Waals surface area contributed by atoms with E-state index in [9.17, 15) is 14.7 Å². The summed E-state index contributed by atoms with van der Waals surface area (Å²) in [4.78, 5) is 66.0. The number of benzene rings is 5. The summed E-state index contributed by atoms with van der Waals surface area (Å²) in [6.07, 6.45) is 2.33. The van der Waals surface area contributed by atoms with Crippen LogP contribution in [0, 0.1) is 27.7 Å². The Labute approximate surface area is 380 Å². The summed E-state index contributed by atoms with van der Waals surface area (Å²) < 4.78 is 16.4. The number of carbonyl (C=O) groups is 2. The Bertz CT molecular complexity index is 2670. The number of amides is 2. The molecule has 0 saturated carbocycles. The molecule has 0 atom stereocenters. The fraction of sp³-hybridized carbons (Fsp3) is 0.204. The number of ether oxygens (including phenoxy) is 3. The van der Waals surface area contributed by atoms with Crippen LogP contribution in [-0.2, 0) is 9.78 Å². The third kappa shape index (κ3) is 13.1. The van der Waals surface area contributed by atoms with E-state index in [1.54, 1.807) is 78.9 Å². The van der Waals surface area contributed by atoms with Gasteiger partial charge in [-0.05, 0) is 94.5 Å². The summed E-state index contributed by atoms with van der Waals surface area (Å²) in [6, 6.07) is 34.2. The molecule has 0 aliphatic heterocycles. The van der Waals surface area contributed by atoms with Gasteiger partial charge in [0, 0.05) is 17.2 Å². The fourth-order valence-corrected chi connectivity index (χ4v) is 6.57. The van der Waals surface area contributed by atoms with Crippen LogP contribution < -0.4 is 24.8 Å². The van der Waals surface area contributed by atoms with Gasteiger partial charge in [-0.2, -0.15) is 24.8 Å². The Morgan fingerprint density at radius 3 is 1.58 bits per heavy atom. The number of aliphatic imine (C=N–C) groups is 1. The van der Waals surface area contributed by atoms with E-state index >= 15 is 0 Å². The summed E-state index contributed by atoms with van der Waals surface area (Å²) in [5, 5.41) is 16.0. The molecule has 66 heavy (non-hydrogen) atoms. The molecule has 0 aliphatic rings. The van der Waals surface area contributed by atoms with Gasteiger partial charge in [-0.1, -0.05) is 90.3 Å². The normalized spacial score (nSPS) is 11.0. The molecule has 0 spiro atoms. The highest BCUT2D eigenvalue weighted by molar-refractivity contribution is 5.86. The van der Waals surface area contributed by atoms with Crippen LogP contribution in [0.15, 0.2) is 120 Å². The molecular formula is C49H47N9O8. The van der Waals surface area contributed by atoms with Crippen LogP contribution >= 0.6 is 0 Å². The standard InChI is InChI=1S/C49H47N9O8/c1-31-19-22-38(33(3)27-31)42-51-43(39-23-20-32(2)28-34(39)4)53-44(52-42)40-24-21-37(29-41(40)59)62-25-13-5-6-14-26-63-64-30-50-45-54-46(57-48(60)65-35-15-9-7-10-16-35)56-47(55-45)58-49(61)66-36-17-11-8-12-18-36/h7-12,15-24,27-30,59H,5-6,13-14,25-26H2,1-4H3,(H2,54,55,56,57,58,60,61)/b50-30+. The molecule has 0 saturated heterocycles. The maximum Gasteiger partial charge on any atom is 0.419 e. The van der Waals surface area contributed by atoms with Crippen LogP contribution in [0.2, 0.25) is 0 Å². The van der Waals surface area contributed by atoms with E-state index in [0.717, 1.165) is 59.0 Å². The average Bonchev–Trinajstić information content (AvgIpc) is 3.28. The highest BCUT2D eigenvalue weighted by atomic mass is 17.2. The second-order valence-electron chi connectivity index (χ2n) is 15.0. The van der Waals surface area contributed by atoms with Crippen LogP contribution in [0.4, 0.5) is 27.4 Å². The van der Waals surface area contributed by atoms with Gasteiger partial charge in [0.25, 0.3) is 5.95 Å². The molecule has 7 aromatic rings. The second kappa shape index (κ2) is 22.4. The number of anilines is 2. The molecule has 336 valence electrons. The third-order valence-electron chi connectivity index (χ3n) is 9.72. The van der Waals surface area contributed by atoms with Crippen molar-refractivity contribution < 1.29 is 38.7 Å². The van der Waals surface area contributed by atoms with Crippen molar-refractivity contribution in [3.63, 3.8) is 0 Å². The first-order valence-corrected chi connectivity index (χ1v) is 21.1. The maximum atomic E-state index is 12.5. The van der Waals surface area contributed by atoms with Gasteiger partial charge in [0.15, 0.2) is 17.5 Å². The lowest BCUT2D eigenvalue weighted by molar-refractivity contribution is -0.216. The van der Waals surface area contributed by atoms with Crippen molar-refractivity contribution in [3.8, 4) is 57.2 Å². The summed E-state index contributed by atoms with van der Waals surface area (Å²) in [7, 11) is 0. The number of carbonyl (C=O) groups excluding carboxylic acids is 2. The molecule has 0 radical (unpaired) electrons. The van der Waals surface area contributed by atoms with Gasteiger partial charge in [-0.25, -0.2) is 24.5 Å². The van der Waals surface area contributed by atoms with Gasteiger partial charge >= 0.3 is 12.2 Å². The van der Waals surface area contributed by atoms with Crippen LogP contribution in [-0.4, -0.2) is 66.8 Å². The summed E-state index contributed by atoms with van der Waals surface area (Å²) in [5.74, 6) is 1.75. The van der Waals surface area contributed by atoms with Crippen molar-refractivity contribution in [2.24, 2.45) is 4.99 Å². The van der Waals surface area contributed by atoms with E-state index in [0.29, 0.717) is 53.3 Å². The largest absolute Gasteiger partial charge is 0.507 e. The zero-order chi connectivity index (χ0) is 46.3. The van der Waals surface area contributed by atoms with Crippen LogP contribution in [0.3, 0.4) is 0 Å². The number of phenolic OH excluding ortho intramolecular Hbond substituents is 1. The van der Waals surface area contributed by atoms with Gasteiger partial charge < -0.3 is 24.2 Å². The Morgan fingerprint density at radius 1 is 0.561 bits per heavy atom. The highest BCUT2D eigenvalue weighted by Crippen LogP contribution is 2.34. The van der Waals surface area contributed by atoms with E-state index in [4.69, 9.17) is 38.9 Å². The van der Waals surface area contributed by atoms with Gasteiger partial charge in [-0.15, -0.1) is 0 Å². The molecule has 2 aromatic heterocycles. The maximum absolute atomic E-state index is 12.5. The minimum atomic E-state index is -0.886. The molecule has 7 rings (SSSR count). The molecule has 0 fully saturated rings. The first kappa shape index (κ1) is 45.7. The molecule has 2 heterocycles. The van der Waals surface area contributed by atoms with E-state index in [1.807, 2.05) is 52.0 Å². The summed E-state index contributed by atoms with van der Waals surface area (Å²) >= 11 is 0. The highest BCUT2D eigenvalue weighted by Gasteiger charge is 2.18. The minimum Gasteiger partial charge on any atom is -0.507 e. The van der Waals surface area contributed by atoms with Crippen molar-refractivity contribution in [2.45, 2.75) is 53.4 Å². The van der Waals surface area contributed by atoms with Crippen molar-refractivity contribution in [2.75, 3.05) is 23.8 Å². The van der Waals surface area contributed by atoms with Crippen LogP contribution in [0.25, 0.3) is 34.2 Å². The first-order chi connectivity index (χ1) is 32.1. The van der Waals surface area contributed by atoms with Gasteiger partial charge in [0.2, 0.25) is 18.3 Å². The summed E-state index contributed by atoms with van der Waals surface area (Å²) in [6.45, 7) is 8.86. The number of para-hydroxylation sites is 2. The Balaban J connectivity index is 0.876. The predicted octanol–water partition coefficient (Wildman–Crippen LogP) is 10.5. The zero-order valence-corrected chi connectivity index (χ0v) is 36.7. The number of phenols is 1. The van der Waals surface area contributed by atoms with E-state index < -0.39 is 12.2 Å². The lowest BCUT2D eigenvalue weighted by atomic mass is 10.0. The van der Waals surface area contributed by atoms with Gasteiger partial charge in [0.1, 0.15) is 23.0 Å². The number of hydrogen-bond acceptors (Lipinski definition) is 15. The number of nitrogens with one attached hydrogen (secondary N) is 2. The number of nitrogens with zero attached hydrogens (tertiary/aromatic N) is 7. The lowest BCUT2D eigenvalue weighted by Gasteiger charge is -2.13. The topological polar surface area (TPSA) is 214 Å². The number of hydrogen-bond donors (Lipinski definition) is 3. The number of aromatic hydroxyl groups is 1. The smallest absolute Gasteiger partial charge is 0.419 e. The molecule has 5 aromatic carbocycles. The van der Waals surface area contributed by atoms with E-state index in [-0.39, 0.29) is 30.2 Å². The number of aromatic nitrogens is 6. The zero-order valence-electron chi connectivity index (χ0n) is 36.7. The van der Waals surface area contributed by atoms with Crippen LogP contribution in [0.5, 0.6) is 23.0 Å². The molecule has 3 N–H and O–H groups in total. The fourth-order valence-electron chi connectivity index (χ4n) is 6.57. The Hall–Kier alpha value is -8.31. The van der Waals surface area contributed by atoms with E-state index in [1.165, 1.54) is 0 Å². The Kier molecular flexibility index (Phi) is 15.5. The number of unbranched alkanes of at least 4 members (excludes halogenated alkanes) is 3. The van der Waals surface area contributed by atoms with Crippen LogP contribution in [0.1, 0.15) is 47.9 Å². The average molecular weight is 890 g/mol. The minimum absolute atomic E-state index is 0.00525. The first-order valence-electron chi connectivity index (χ1n) is 21.1. The molecule has 17 nitrogen and oxygen atoms in total. The van der Waals surface area contributed by atoms with Crippen molar-refractivity contribution >= 4 is 36.4 Å². The van der Waals surface area contributed by atoms with Crippen molar-refractivity contribution in [1.82, 2.24) is 29.9 Å². The van der Waals surface area contributed by atoms with Gasteiger partial charge in [-0.3, -0.25) is 10.6 Å². The quantitative estimate of drug-likeness (QED) is 0.0240. The molecule has 2 amide bonds. The summed E-state index contributed by atoms with van der Waals surface area (Å²) in [5.41, 5.74) is 6.61. The van der Waals surface area contributed by atoms with Crippen molar-refractivity contribution in [1.29, 1.82) is 0 Å². The monoisotopic (exact) mass is 889 g/mol. The lowest BCUT2D eigenvalue weighted by Crippen LogP contribution is -2.21. The second-order valence-corrected chi connectivity index (χ2v) is 15.0. The molecule has 17 heteroatoms. The SMILES string of the molecule is Cc1ccc(-c2nc(-c3ccc(C)cc3C)nc(-c3ccc(OCCCCCCOO/C=N/c4nc(NC(=O)Oc5ccccc5)nc(NC(=O)Oc5ccccc5)n4)cc3O)n2)c(C)c1. The predicted molar refractivity (Wildman–Crippen MR) is 248 cm³/mol.